The lowest BCUT2D eigenvalue weighted by Gasteiger charge is -2.19. The summed E-state index contributed by atoms with van der Waals surface area (Å²) in [4.78, 5) is 4.09. The molecular weight excluding hydrogens is 435 g/mol. The first-order valence-corrected chi connectivity index (χ1v) is 10.4. The quantitative estimate of drug-likeness (QED) is 0.209. The van der Waals surface area contributed by atoms with Crippen molar-refractivity contribution >= 4 is 51.7 Å². The molecule has 6 nitrogen and oxygen atoms in total. The van der Waals surface area contributed by atoms with Crippen LogP contribution >= 0.6 is 35.7 Å². The second-order valence-corrected chi connectivity index (χ2v) is 7.60. The Labute approximate surface area is 157 Å². The second-order valence-electron chi connectivity index (χ2n) is 4.53. The molecule has 0 heterocycles. The van der Waals surface area contributed by atoms with Gasteiger partial charge in [0, 0.05) is 33.2 Å². The molecule has 2 N–H and O–H groups in total. The van der Waals surface area contributed by atoms with E-state index in [0.29, 0.717) is 25.6 Å². The van der Waals surface area contributed by atoms with Gasteiger partial charge in [0.05, 0.1) is 5.75 Å². The van der Waals surface area contributed by atoms with Crippen LogP contribution in [0.2, 0.25) is 0 Å². The number of hydrogen-bond acceptors (Lipinski definition) is 4. The van der Waals surface area contributed by atoms with Crippen molar-refractivity contribution in [1.82, 2.24) is 14.9 Å². The lowest BCUT2D eigenvalue weighted by atomic mass is 10.3. The normalized spacial score (nSPS) is 12.1. The molecule has 9 heteroatoms. The number of aliphatic imine (C=N–C) groups is 1. The van der Waals surface area contributed by atoms with E-state index in [1.165, 1.54) is 10.7 Å². The maximum Gasteiger partial charge on any atom is 0.215 e. The molecule has 0 aliphatic carbocycles. The Morgan fingerprint density at radius 1 is 1.14 bits per heavy atom. The van der Waals surface area contributed by atoms with Crippen molar-refractivity contribution < 1.29 is 8.42 Å². The molecule has 0 aliphatic rings. The van der Waals surface area contributed by atoms with E-state index in [1.54, 1.807) is 7.05 Å². The number of guanidine groups is 1. The highest BCUT2D eigenvalue weighted by atomic mass is 127. The summed E-state index contributed by atoms with van der Waals surface area (Å²) in [6.07, 6.45) is 4.35. The number of halogens is 1. The van der Waals surface area contributed by atoms with Crippen LogP contribution in [0.1, 0.15) is 26.7 Å². The van der Waals surface area contributed by atoms with Crippen molar-refractivity contribution in [1.29, 1.82) is 0 Å². The zero-order valence-corrected chi connectivity index (χ0v) is 18.1. The zero-order chi connectivity index (χ0) is 16.1. The molecule has 0 aliphatic heterocycles. The smallest absolute Gasteiger partial charge is 0.215 e. The molecule has 0 aromatic rings. The van der Waals surface area contributed by atoms with Gasteiger partial charge in [-0.3, -0.25) is 4.99 Å². The highest BCUT2D eigenvalue weighted by Crippen LogP contribution is 2.00. The van der Waals surface area contributed by atoms with E-state index in [0.717, 1.165) is 18.7 Å². The predicted octanol–water partition coefficient (Wildman–Crippen LogP) is 1.58. The van der Waals surface area contributed by atoms with Crippen LogP contribution in [0.4, 0.5) is 0 Å². The van der Waals surface area contributed by atoms with E-state index < -0.39 is 10.0 Å². The Morgan fingerprint density at radius 2 is 1.73 bits per heavy atom. The maximum absolute atomic E-state index is 12.0. The Bertz CT molecular complexity index is 388. The molecule has 0 saturated carbocycles. The number of nitrogens with zero attached hydrogens (tertiary/aromatic N) is 2. The monoisotopic (exact) mass is 466 g/mol. The lowest BCUT2D eigenvalue weighted by molar-refractivity contribution is 0.445. The Kier molecular flexibility index (Phi) is 16.5. The molecule has 0 unspecified atom stereocenters. The number of thioether (sulfide) groups is 1. The van der Waals surface area contributed by atoms with Gasteiger partial charge in [0.2, 0.25) is 10.0 Å². The minimum absolute atomic E-state index is 0. The van der Waals surface area contributed by atoms with Gasteiger partial charge in [-0.15, -0.1) is 24.0 Å². The largest absolute Gasteiger partial charge is 0.356 e. The SMILES string of the molecule is CCN(CC)S(=O)(=O)CCNC(=NC)NCCCCSC.I. The lowest BCUT2D eigenvalue weighted by Crippen LogP contribution is -2.42. The topological polar surface area (TPSA) is 73.8 Å². The summed E-state index contributed by atoms with van der Waals surface area (Å²) in [6.45, 7) is 5.95. The highest BCUT2D eigenvalue weighted by Gasteiger charge is 2.18. The first kappa shape index (κ1) is 24.5. The molecule has 0 rings (SSSR count). The third-order valence-electron chi connectivity index (χ3n) is 3.04. The number of hydrogen-bond donors (Lipinski definition) is 2. The van der Waals surface area contributed by atoms with Gasteiger partial charge < -0.3 is 10.6 Å². The van der Waals surface area contributed by atoms with Crippen LogP contribution in [0.15, 0.2) is 4.99 Å². The first-order valence-electron chi connectivity index (χ1n) is 7.43. The van der Waals surface area contributed by atoms with Gasteiger partial charge in [0.25, 0.3) is 0 Å². The molecule has 0 saturated heterocycles. The van der Waals surface area contributed by atoms with Gasteiger partial charge in [0.1, 0.15) is 0 Å². The van der Waals surface area contributed by atoms with Crippen molar-refractivity contribution in [3.63, 3.8) is 0 Å². The molecule has 0 radical (unpaired) electrons. The number of nitrogens with one attached hydrogen (secondary N) is 2. The zero-order valence-electron chi connectivity index (χ0n) is 14.1. The summed E-state index contributed by atoms with van der Waals surface area (Å²) < 4.78 is 25.5. The average molecular weight is 466 g/mol. The fraction of sp³-hybridized carbons (Fsp3) is 0.923. The van der Waals surface area contributed by atoms with Crippen LogP contribution < -0.4 is 10.6 Å². The molecule has 0 aromatic heterocycles. The van der Waals surface area contributed by atoms with Crippen molar-refractivity contribution in [3.8, 4) is 0 Å². The fourth-order valence-corrected chi connectivity index (χ4v) is 3.74. The molecule has 0 spiro atoms. The predicted molar refractivity (Wildman–Crippen MR) is 109 cm³/mol. The summed E-state index contributed by atoms with van der Waals surface area (Å²) >= 11 is 1.84. The molecule has 0 bridgehead atoms. The van der Waals surface area contributed by atoms with Crippen molar-refractivity contribution in [3.05, 3.63) is 0 Å². The van der Waals surface area contributed by atoms with Gasteiger partial charge in [-0.1, -0.05) is 13.8 Å². The standard InChI is InChI=1S/C13H30N4O2S2.HI/c1-5-17(6-2)21(18,19)12-10-16-13(14-3)15-9-7-8-11-20-4;/h5-12H2,1-4H3,(H2,14,15,16);1H. The molecule has 0 fully saturated rings. The Balaban J connectivity index is 0. The summed E-state index contributed by atoms with van der Waals surface area (Å²) in [5, 5.41) is 6.24. The van der Waals surface area contributed by atoms with Gasteiger partial charge in [0.15, 0.2) is 5.96 Å². The molecule has 22 heavy (non-hydrogen) atoms. The van der Waals surface area contributed by atoms with Crippen LogP contribution in [0.5, 0.6) is 0 Å². The Hall–Kier alpha value is 0.260. The van der Waals surface area contributed by atoms with E-state index in [2.05, 4.69) is 21.9 Å². The van der Waals surface area contributed by atoms with E-state index in [-0.39, 0.29) is 29.7 Å². The van der Waals surface area contributed by atoms with Crippen molar-refractivity contribution in [2.24, 2.45) is 4.99 Å². The van der Waals surface area contributed by atoms with E-state index >= 15 is 0 Å². The van der Waals surface area contributed by atoms with Gasteiger partial charge in [-0.05, 0) is 24.9 Å². The molecule has 0 aromatic carbocycles. The minimum atomic E-state index is -3.17. The van der Waals surface area contributed by atoms with Crippen LogP contribution in [0, 0.1) is 0 Å². The number of unbranched alkanes of at least 4 members (excludes halogenated alkanes) is 1. The minimum Gasteiger partial charge on any atom is -0.356 e. The van der Waals surface area contributed by atoms with Crippen LogP contribution in [-0.4, -0.2) is 69.7 Å². The summed E-state index contributed by atoms with van der Waals surface area (Å²) in [6, 6.07) is 0. The van der Waals surface area contributed by atoms with E-state index in [4.69, 9.17) is 0 Å². The molecule has 134 valence electrons. The second kappa shape index (κ2) is 14.8. The maximum atomic E-state index is 12.0. The van der Waals surface area contributed by atoms with Crippen molar-refractivity contribution in [2.75, 3.05) is 51.0 Å². The molecule has 0 atom stereocenters. The fourth-order valence-electron chi connectivity index (χ4n) is 1.84. The third-order valence-corrected chi connectivity index (χ3v) is 5.76. The number of sulfonamides is 1. The molecular formula is C13H31IN4O2S2. The van der Waals surface area contributed by atoms with Gasteiger partial charge in [-0.2, -0.15) is 11.8 Å². The first-order chi connectivity index (χ1) is 10.0. The molecule has 0 amide bonds. The van der Waals surface area contributed by atoms with Gasteiger partial charge in [-0.25, -0.2) is 12.7 Å². The van der Waals surface area contributed by atoms with Crippen LogP contribution in [0.3, 0.4) is 0 Å². The third kappa shape index (κ3) is 10.9. The van der Waals surface area contributed by atoms with E-state index in [9.17, 15) is 8.42 Å². The number of rotatable bonds is 11. The van der Waals surface area contributed by atoms with Crippen LogP contribution in [0.25, 0.3) is 0 Å². The summed E-state index contributed by atoms with van der Waals surface area (Å²) in [7, 11) is -1.48. The van der Waals surface area contributed by atoms with Crippen molar-refractivity contribution in [2.45, 2.75) is 26.7 Å². The Morgan fingerprint density at radius 3 is 2.23 bits per heavy atom. The van der Waals surface area contributed by atoms with Crippen LogP contribution in [-0.2, 0) is 10.0 Å². The summed E-state index contributed by atoms with van der Waals surface area (Å²) in [5.41, 5.74) is 0. The highest BCUT2D eigenvalue weighted by molar-refractivity contribution is 14.0. The van der Waals surface area contributed by atoms with Gasteiger partial charge >= 0.3 is 0 Å². The average Bonchev–Trinajstić information content (AvgIpc) is 2.46. The van der Waals surface area contributed by atoms with E-state index in [1.807, 2.05) is 25.6 Å². The summed E-state index contributed by atoms with van der Waals surface area (Å²) in [5.74, 6) is 1.91.